The van der Waals surface area contributed by atoms with E-state index in [2.05, 4.69) is 35.6 Å². The zero-order valence-corrected chi connectivity index (χ0v) is 12.5. The molecule has 110 valence electrons. The molecule has 2 heterocycles. The molecule has 0 atom stereocenters. The minimum atomic E-state index is -0.402. The van der Waals surface area contributed by atoms with Gasteiger partial charge in [-0.3, -0.25) is 9.36 Å². The third-order valence-corrected chi connectivity index (χ3v) is 3.28. The number of rotatable bonds is 6. The monoisotopic (exact) mass is 279 g/mol. The highest BCUT2D eigenvalue weighted by Gasteiger charge is 2.09. The van der Waals surface area contributed by atoms with Crippen molar-refractivity contribution in [3.8, 4) is 0 Å². The Labute approximate surface area is 118 Å². The van der Waals surface area contributed by atoms with Crippen molar-refractivity contribution in [1.29, 1.82) is 0 Å². The van der Waals surface area contributed by atoms with Crippen LogP contribution in [0.25, 0.3) is 0 Å². The van der Waals surface area contributed by atoms with Crippen LogP contribution < -0.4 is 5.32 Å². The zero-order chi connectivity index (χ0) is 14.7. The standard InChI is InChI=1S/C14H22FN5/c1-10(2)20-8-13(11(3)18-20)7-16-14-9-19(6-5-15)17-12(14)4/h8-10,16H,5-7H2,1-4H3. The number of nitrogens with one attached hydrogen (secondary N) is 1. The highest BCUT2D eigenvalue weighted by molar-refractivity contribution is 5.46. The van der Waals surface area contributed by atoms with Crippen LogP contribution in [-0.4, -0.2) is 26.2 Å². The zero-order valence-electron chi connectivity index (χ0n) is 12.5. The normalized spacial score (nSPS) is 11.3. The van der Waals surface area contributed by atoms with Crippen molar-refractivity contribution >= 4 is 5.69 Å². The fraction of sp³-hybridized carbons (Fsp3) is 0.571. The van der Waals surface area contributed by atoms with Crippen LogP contribution >= 0.6 is 0 Å². The van der Waals surface area contributed by atoms with E-state index in [-0.39, 0.29) is 0 Å². The van der Waals surface area contributed by atoms with Crippen LogP contribution in [0.15, 0.2) is 12.4 Å². The fourth-order valence-corrected chi connectivity index (χ4v) is 2.04. The lowest BCUT2D eigenvalue weighted by atomic mass is 10.2. The number of hydrogen-bond donors (Lipinski definition) is 1. The Hall–Kier alpha value is -1.85. The molecule has 0 spiro atoms. The average molecular weight is 279 g/mol. The molecule has 0 aliphatic carbocycles. The number of aryl methyl sites for hydroxylation is 3. The number of anilines is 1. The summed E-state index contributed by atoms with van der Waals surface area (Å²) in [5.74, 6) is 0. The van der Waals surface area contributed by atoms with Crippen molar-refractivity contribution in [3.63, 3.8) is 0 Å². The lowest BCUT2D eigenvalue weighted by Gasteiger charge is -2.04. The van der Waals surface area contributed by atoms with Gasteiger partial charge in [-0.2, -0.15) is 10.2 Å². The molecule has 5 nitrogen and oxygen atoms in total. The number of hydrogen-bond acceptors (Lipinski definition) is 3. The Balaban J connectivity index is 2.05. The van der Waals surface area contributed by atoms with Gasteiger partial charge in [-0.15, -0.1) is 0 Å². The summed E-state index contributed by atoms with van der Waals surface area (Å²) in [5, 5.41) is 12.1. The number of alkyl halides is 1. The van der Waals surface area contributed by atoms with Crippen molar-refractivity contribution < 1.29 is 4.39 Å². The second-order valence-corrected chi connectivity index (χ2v) is 5.25. The Morgan fingerprint density at radius 1 is 1.20 bits per heavy atom. The number of halogens is 1. The number of aromatic nitrogens is 4. The van der Waals surface area contributed by atoms with Crippen LogP contribution in [-0.2, 0) is 13.1 Å². The first-order valence-electron chi connectivity index (χ1n) is 6.89. The Morgan fingerprint density at radius 3 is 2.55 bits per heavy atom. The third kappa shape index (κ3) is 3.18. The maximum absolute atomic E-state index is 12.3. The van der Waals surface area contributed by atoms with Gasteiger partial charge in [0.25, 0.3) is 0 Å². The minimum absolute atomic E-state index is 0.298. The van der Waals surface area contributed by atoms with E-state index in [1.54, 1.807) is 4.68 Å². The first kappa shape index (κ1) is 14.6. The molecule has 1 N–H and O–H groups in total. The summed E-state index contributed by atoms with van der Waals surface area (Å²) in [6, 6.07) is 0.358. The summed E-state index contributed by atoms with van der Waals surface area (Å²) in [7, 11) is 0. The smallest absolute Gasteiger partial charge is 0.109 e. The van der Waals surface area contributed by atoms with Crippen molar-refractivity contribution in [3.05, 3.63) is 29.3 Å². The molecule has 2 aromatic heterocycles. The molecule has 0 aliphatic heterocycles. The van der Waals surface area contributed by atoms with Gasteiger partial charge in [0.05, 0.1) is 23.6 Å². The Morgan fingerprint density at radius 2 is 1.95 bits per heavy atom. The quantitative estimate of drug-likeness (QED) is 0.884. The van der Waals surface area contributed by atoms with Crippen LogP contribution in [0.2, 0.25) is 0 Å². The third-order valence-electron chi connectivity index (χ3n) is 3.28. The summed E-state index contributed by atoms with van der Waals surface area (Å²) < 4.78 is 15.9. The summed E-state index contributed by atoms with van der Waals surface area (Å²) in [6.45, 7) is 8.73. The van der Waals surface area contributed by atoms with Crippen LogP contribution in [0.1, 0.15) is 36.8 Å². The van der Waals surface area contributed by atoms with Gasteiger partial charge in [-0.05, 0) is 27.7 Å². The van der Waals surface area contributed by atoms with Crippen molar-refractivity contribution in [2.45, 2.75) is 46.8 Å². The second-order valence-electron chi connectivity index (χ2n) is 5.25. The van der Waals surface area contributed by atoms with Gasteiger partial charge in [0.15, 0.2) is 0 Å². The second kappa shape index (κ2) is 6.07. The molecular formula is C14H22FN5. The molecule has 0 saturated carbocycles. The molecular weight excluding hydrogens is 257 g/mol. The minimum Gasteiger partial charge on any atom is -0.378 e. The summed E-state index contributed by atoms with van der Waals surface area (Å²) in [4.78, 5) is 0. The predicted octanol–water partition coefficient (Wildman–Crippen LogP) is 2.86. The first-order valence-corrected chi connectivity index (χ1v) is 6.89. The molecule has 0 unspecified atom stereocenters. The molecule has 0 bridgehead atoms. The van der Waals surface area contributed by atoms with E-state index in [1.165, 1.54) is 0 Å². The van der Waals surface area contributed by atoms with Crippen LogP contribution in [0.3, 0.4) is 0 Å². The molecule has 0 radical (unpaired) electrons. The molecule has 0 fully saturated rings. The highest BCUT2D eigenvalue weighted by Crippen LogP contribution is 2.16. The first-order chi connectivity index (χ1) is 9.51. The molecule has 2 rings (SSSR count). The van der Waals surface area contributed by atoms with E-state index >= 15 is 0 Å². The molecule has 2 aromatic rings. The van der Waals surface area contributed by atoms with E-state index in [1.807, 2.05) is 24.7 Å². The van der Waals surface area contributed by atoms with E-state index in [0.29, 0.717) is 19.1 Å². The van der Waals surface area contributed by atoms with Gasteiger partial charge >= 0.3 is 0 Å². The lowest BCUT2D eigenvalue weighted by molar-refractivity contribution is 0.426. The maximum atomic E-state index is 12.3. The average Bonchev–Trinajstić information content (AvgIpc) is 2.91. The molecule has 0 aliphatic rings. The molecule has 6 heteroatoms. The predicted molar refractivity (Wildman–Crippen MR) is 77.6 cm³/mol. The Kier molecular flexibility index (Phi) is 4.42. The van der Waals surface area contributed by atoms with Gasteiger partial charge in [0.2, 0.25) is 0 Å². The summed E-state index contributed by atoms with van der Waals surface area (Å²) in [6.07, 6.45) is 3.91. The van der Waals surface area contributed by atoms with Gasteiger partial charge < -0.3 is 5.32 Å². The van der Waals surface area contributed by atoms with E-state index in [9.17, 15) is 4.39 Å². The van der Waals surface area contributed by atoms with Gasteiger partial charge in [-0.25, -0.2) is 4.39 Å². The van der Waals surface area contributed by atoms with Crippen molar-refractivity contribution in [2.24, 2.45) is 0 Å². The Bertz CT molecular complexity index is 570. The fourth-order valence-electron chi connectivity index (χ4n) is 2.04. The van der Waals surface area contributed by atoms with Gasteiger partial charge in [0, 0.05) is 30.5 Å². The van der Waals surface area contributed by atoms with E-state index < -0.39 is 6.67 Å². The molecule has 20 heavy (non-hydrogen) atoms. The van der Waals surface area contributed by atoms with Gasteiger partial charge in [0.1, 0.15) is 6.67 Å². The molecule has 0 amide bonds. The van der Waals surface area contributed by atoms with Crippen LogP contribution in [0.4, 0.5) is 10.1 Å². The summed E-state index contributed by atoms with van der Waals surface area (Å²) in [5.41, 5.74) is 4.01. The maximum Gasteiger partial charge on any atom is 0.109 e. The number of nitrogens with zero attached hydrogens (tertiary/aromatic N) is 4. The van der Waals surface area contributed by atoms with Crippen molar-refractivity contribution in [1.82, 2.24) is 19.6 Å². The van der Waals surface area contributed by atoms with E-state index in [0.717, 1.165) is 22.6 Å². The SMILES string of the molecule is Cc1nn(C(C)C)cc1CNc1cn(CCF)nc1C. The molecule has 0 aromatic carbocycles. The lowest BCUT2D eigenvalue weighted by Crippen LogP contribution is -2.01. The highest BCUT2D eigenvalue weighted by atomic mass is 19.1. The summed E-state index contributed by atoms with van der Waals surface area (Å²) >= 11 is 0. The van der Waals surface area contributed by atoms with Crippen LogP contribution in [0.5, 0.6) is 0 Å². The van der Waals surface area contributed by atoms with Crippen LogP contribution in [0, 0.1) is 13.8 Å². The topological polar surface area (TPSA) is 47.7 Å². The van der Waals surface area contributed by atoms with E-state index in [4.69, 9.17) is 0 Å². The van der Waals surface area contributed by atoms with Gasteiger partial charge in [-0.1, -0.05) is 0 Å². The molecule has 0 saturated heterocycles. The van der Waals surface area contributed by atoms with Crippen molar-refractivity contribution in [2.75, 3.05) is 12.0 Å². The largest absolute Gasteiger partial charge is 0.378 e.